The summed E-state index contributed by atoms with van der Waals surface area (Å²) in [4.78, 5) is 22.7. The first-order chi connectivity index (χ1) is 15.4. The molecule has 3 rings (SSSR count). The molecule has 0 aromatic heterocycles. The Morgan fingerprint density at radius 2 is 1.84 bits per heavy atom. The molecule has 0 bridgehead atoms. The highest BCUT2D eigenvalue weighted by Crippen LogP contribution is 2.20. The van der Waals surface area contributed by atoms with Crippen LogP contribution in [0.5, 0.6) is 5.75 Å². The van der Waals surface area contributed by atoms with Crippen molar-refractivity contribution >= 4 is 23.4 Å². The zero-order valence-corrected chi connectivity index (χ0v) is 17.7. The number of nitrogens with zero attached hydrogens (tertiary/aromatic N) is 2. The van der Waals surface area contributed by atoms with Crippen molar-refractivity contribution < 1.29 is 14.5 Å². The predicted molar refractivity (Wildman–Crippen MR) is 122 cm³/mol. The summed E-state index contributed by atoms with van der Waals surface area (Å²) >= 11 is 0. The molecule has 160 valence electrons. The van der Waals surface area contributed by atoms with E-state index >= 15 is 0 Å². The van der Waals surface area contributed by atoms with E-state index in [4.69, 9.17) is 4.74 Å². The third-order valence-corrected chi connectivity index (χ3v) is 4.85. The van der Waals surface area contributed by atoms with Gasteiger partial charge in [-0.05, 0) is 60.4 Å². The lowest BCUT2D eigenvalue weighted by Crippen LogP contribution is -2.13. The van der Waals surface area contributed by atoms with E-state index in [9.17, 15) is 20.2 Å². The van der Waals surface area contributed by atoms with Gasteiger partial charge in [0.15, 0.2) is 0 Å². The van der Waals surface area contributed by atoms with Gasteiger partial charge in [0, 0.05) is 17.8 Å². The highest BCUT2D eigenvalue weighted by Gasteiger charge is 2.12. The van der Waals surface area contributed by atoms with Gasteiger partial charge in [0.25, 0.3) is 11.6 Å². The largest absolute Gasteiger partial charge is 0.489 e. The van der Waals surface area contributed by atoms with Crippen LogP contribution < -0.4 is 10.1 Å². The maximum Gasteiger partial charge on any atom is 0.271 e. The Bertz CT molecular complexity index is 1220. The van der Waals surface area contributed by atoms with Crippen LogP contribution in [-0.2, 0) is 11.4 Å². The molecule has 7 heteroatoms. The van der Waals surface area contributed by atoms with Crippen LogP contribution in [0.1, 0.15) is 22.3 Å². The number of nitro benzene ring substituents is 1. The number of nitrogens with one attached hydrogen (secondary N) is 1. The molecule has 0 fully saturated rings. The van der Waals surface area contributed by atoms with Crippen molar-refractivity contribution in [2.75, 3.05) is 5.32 Å². The highest BCUT2D eigenvalue weighted by atomic mass is 16.6. The van der Waals surface area contributed by atoms with Crippen molar-refractivity contribution in [2.45, 2.75) is 20.5 Å². The summed E-state index contributed by atoms with van der Waals surface area (Å²) in [7, 11) is 0. The molecular weight excluding hydrogens is 406 g/mol. The maximum absolute atomic E-state index is 12.4. The maximum atomic E-state index is 12.4. The Morgan fingerprint density at radius 3 is 2.50 bits per heavy atom. The van der Waals surface area contributed by atoms with Crippen molar-refractivity contribution in [3.63, 3.8) is 0 Å². The average molecular weight is 427 g/mol. The lowest BCUT2D eigenvalue weighted by molar-refractivity contribution is -0.384. The molecule has 0 unspecified atom stereocenters. The minimum absolute atomic E-state index is 0.125. The van der Waals surface area contributed by atoms with Crippen LogP contribution in [0.2, 0.25) is 0 Å². The second kappa shape index (κ2) is 10.0. The van der Waals surface area contributed by atoms with Gasteiger partial charge in [0.2, 0.25) is 0 Å². The third kappa shape index (κ3) is 5.80. The van der Waals surface area contributed by atoms with E-state index in [1.807, 2.05) is 12.1 Å². The van der Waals surface area contributed by atoms with Gasteiger partial charge in [-0.15, -0.1) is 0 Å². The van der Waals surface area contributed by atoms with E-state index in [1.165, 1.54) is 41.5 Å². The topological polar surface area (TPSA) is 105 Å². The van der Waals surface area contributed by atoms with Gasteiger partial charge >= 0.3 is 0 Å². The number of hydrogen-bond donors (Lipinski definition) is 1. The number of nitriles is 1. The van der Waals surface area contributed by atoms with Crippen LogP contribution in [-0.4, -0.2) is 10.8 Å². The first-order valence-corrected chi connectivity index (χ1v) is 9.82. The number of nitro groups is 1. The number of amides is 1. The predicted octanol–water partition coefficient (Wildman–Crippen LogP) is 5.34. The first kappa shape index (κ1) is 22.2. The highest BCUT2D eigenvalue weighted by molar-refractivity contribution is 6.09. The Balaban J connectivity index is 1.66. The fourth-order valence-corrected chi connectivity index (χ4v) is 2.93. The van der Waals surface area contributed by atoms with Crippen LogP contribution in [0.25, 0.3) is 6.08 Å². The summed E-state index contributed by atoms with van der Waals surface area (Å²) in [6.07, 6.45) is 1.44. The lowest BCUT2D eigenvalue weighted by atomic mass is 10.1. The number of hydrogen-bond acceptors (Lipinski definition) is 5. The van der Waals surface area contributed by atoms with Gasteiger partial charge in [-0.1, -0.05) is 36.4 Å². The molecule has 3 aromatic rings. The van der Waals surface area contributed by atoms with Gasteiger partial charge < -0.3 is 10.1 Å². The molecule has 0 radical (unpaired) electrons. The SMILES string of the molecule is Cc1ccc(COc2ccc(/C=C(\C#N)C(=O)Nc3cccc([N+](=O)[O-])c3)cc2)cc1C. The number of carbonyl (C=O) groups excluding carboxylic acids is 1. The molecule has 7 nitrogen and oxygen atoms in total. The van der Waals surface area contributed by atoms with Crippen molar-refractivity contribution in [3.8, 4) is 11.8 Å². The summed E-state index contributed by atoms with van der Waals surface area (Å²) in [5.41, 5.74) is 4.12. The van der Waals surface area contributed by atoms with E-state index < -0.39 is 10.8 Å². The molecule has 3 aromatic carbocycles. The zero-order valence-electron chi connectivity index (χ0n) is 17.7. The normalized spacial score (nSPS) is 10.8. The van der Waals surface area contributed by atoms with E-state index in [0.29, 0.717) is 17.9 Å². The fraction of sp³-hybridized carbons (Fsp3) is 0.120. The summed E-state index contributed by atoms with van der Waals surface area (Å²) in [5, 5.41) is 22.8. The Hall–Kier alpha value is -4.44. The molecule has 0 saturated carbocycles. The molecular formula is C25H21N3O4. The number of ether oxygens (including phenoxy) is 1. The van der Waals surface area contributed by atoms with Crippen LogP contribution in [0.15, 0.2) is 72.3 Å². The minimum Gasteiger partial charge on any atom is -0.489 e. The van der Waals surface area contributed by atoms with E-state index in [1.54, 1.807) is 24.3 Å². The van der Waals surface area contributed by atoms with Crippen molar-refractivity contribution in [2.24, 2.45) is 0 Å². The second-order valence-corrected chi connectivity index (χ2v) is 7.21. The van der Waals surface area contributed by atoms with Crippen LogP contribution in [0.3, 0.4) is 0 Å². The van der Waals surface area contributed by atoms with Crippen molar-refractivity contribution in [1.82, 2.24) is 0 Å². The molecule has 0 saturated heterocycles. The zero-order chi connectivity index (χ0) is 23.1. The summed E-state index contributed by atoms with van der Waals surface area (Å²) in [5.74, 6) is 0.0167. The second-order valence-electron chi connectivity index (χ2n) is 7.21. The molecule has 0 aliphatic heterocycles. The Morgan fingerprint density at radius 1 is 1.09 bits per heavy atom. The van der Waals surface area contributed by atoms with Crippen LogP contribution in [0, 0.1) is 35.3 Å². The van der Waals surface area contributed by atoms with Gasteiger partial charge in [-0.25, -0.2) is 0 Å². The molecule has 0 atom stereocenters. The number of anilines is 1. The van der Waals surface area contributed by atoms with Crippen LogP contribution >= 0.6 is 0 Å². The number of non-ortho nitro benzene ring substituents is 1. The Labute approximate surface area is 185 Å². The molecule has 0 aliphatic carbocycles. The van der Waals surface area contributed by atoms with Gasteiger partial charge in [0.1, 0.15) is 24.0 Å². The molecule has 32 heavy (non-hydrogen) atoms. The monoisotopic (exact) mass is 427 g/mol. The van der Waals surface area contributed by atoms with Crippen molar-refractivity contribution in [3.05, 3.63) is 105 Å². The van der Waals surface area contributed by atoms with E-state index in [0.717, 1.165) is 5.56 Å². The lowest BCUT2D eigenvalue weighted by Gasteiger charge is -2.08. The minimum atomic E-state index is -0.650. The van der Waals surface area contributed by atoms with Gasteiger partial charge in [-0.3, -0.25) is 14.9 Å². The summed E-state index contributed by atoms with van der Waals surface area (Å²) in [6.45, 7) is 4.55. The number of aryl methyl sites for hydroxylation is 2. The molecule has 1 amide bonds. The van der Waals surface area contributed by atoms with E-state index in [2.05, 4.69) is 31.3 Å². The first-order valence-electron chi connectivity index (χ1n) is 9.82. The van der Waals surface area contributed by atoms with Crippen LogP contribution in [0.4, 0.5) is 11.4 Å². The molecule has 0 aliphatic rings. The third-order valence-electron chi connectivity index (χ3n) is 4.85. The number of rotatable bonds is 7. The number of carbonyl (C=O) groups is 1. The van der Waals surface area contributed by atoms with Gasteiger partial charge in [0.05, 0.1) is 4.92 Å². The van der Waals surface area contributed by atoms with E-state index in [-0.39, 0.29) is 16.9 Å². The van der Waals surface area contributed by atoms with Gasteiger partial charge in [-0.2, -0.15) is 5.26 Å². The average Bonchev–Trinajstić information content (AvgIpc) is 2.79. The standard InChI is InChI=1S/C25H21N3O4/c1-17-6-7-20(12-18(17)2)16-32-24-10-8-19(9-11-24)13-21(15-26)25(29)27-22-4-3-5-23(14-22)28(30)31/h3-14H,16H2,1-2H3,(H,27,29)/b21-13+. The Kier molecular flexibility index (Phi) is 6.99. The fourth-order valence-electron chi connectivity index (χ4n) is 2.93. The molecule has 1 N–H and O–H groups in total. The summed E-state index contributed by atoms with van der Waals surface area (Å²) < 4.78 is 5.81. The quantitative estimate of drug-likeness (QED) is 0.237. The summed E-state index contributed by atoms with van der Waals surface area (Å²) in [6, 6.07) is 20.6. The smallest absolute Gasteiger partial charge is 0.271 e. The van der Waals surface area contributed by atoms with Crippen molar-refractivity contribution in [1.29, 1.82) is 5.26 Å². The molecule has 0 heterocycles. The molecule has 0 spiro atoms. The number of benzene rings is 3.